The van der Waals surface area contributed by atoms with Crippen LogP contribution in [0.15, 0.2) is 54.7 Å². The van der Waals surface area contributed by atoms with Crippen LogP contribution < -0.4 is 15.5 Å². The molecule has 1 aliphatic heterocycles. The summed E-state index contributed by atoms with van der Waals surface area (Å²) in [5.74, 6) is -1.01. The lowest BCUT2D eigenvalue weighted by atomic mass is 9.96. The van der Waals surface area contributed by atoms with Gasteiger partial charge in [-0.15, -0.1) is 0 Å². The molecule has 1 aliphatic rings. The maximum absolute atomic E-state index is 14.3. The average molecular weight is 505 g/mol. The first-order chi connectivity index (χ1) is 17.6. The van der Waals surface area contributed by atoms with Crippen LogP contribution in [0.1, 0.15) is 47.2 Å². The molecule has 0 saturated carbocycles. The van der Waals surface area contributed by atoms with Gasteiger partial charge in [0.25, 0.3) is 11.8 Å². The van der Waals surface area contributed by atoms with Gasteiger partial charge in [0.15, 0.2) is 0 Å². The molecule has 37 heavy (non-hydrogen) atoms. The fourth-order valence-electron chi connectivity index (χ4n) is 4.06. The second kappa shape index (κ2) is 11.1. The highest BCUT2D eigenvalue weighted by Crippen LogP contribution is 2.26. The number of anilines is 2. The van der Waals surface area contributed by atoms with Crippen LogP contribution in [0.4, 0.5) is 15.8 Å². The summed E-state index contributed by atoms with van der Waals surface area (Å²) in [6, 6.07) is 13.5. The Morgan fingerprint density at radius 2 is 1.70 bits per heavy atom. The Bertz CT molecular complexity index is 1280. The van der Waals surface area contributed by atoms with Crippen molar-refractivity contribution >= 4 is 23.2 Å². The second-order valence-corrected chi connectivity index (χ2v) is 10.4. The number of halogens is 1. The third-order valence-corrected chi connectivity index (χ3v) is 6.10. The van der Waals surface area contributed by atoms with Crippen molar-refractivity contribution in [3.05, 3.63) is 77.4 Å². The Morgan fingerprint density at radius 3 is 2.38 bits per heavy atom. The quantitative estimate of drug-likeness (QED) is 0.490. The van der Waals surface area contributed by atoms with Crippen LogP contribution >= 0.6 is 0 Å². The molecule has 194 valence electrons. The third kappa shape index (κ3) is 6.92. The highest BCUT2D eigenvalue weighted by Gasteiger charge is 2.17. The van der Waals surface area contributed by atoms with E-state index in [1.807, 2.05) is 30.0 Å². The van der Waals surface area contributed by atoms with Gasteiger partial charge in [0, 0.05) is 47.7 Å². The summed E-state index contributed by atoms with van der Waals surface area (Å²) in [4.78, 5) is 31.9. The van der Waals surface area contributed by atoms with Crippen LogP contribution in [0, 0.1) is 18.2 Å². The first-order valence-corrected chi connectivity index (χ1v) is 12.4. The van der Waals surface area contributed by atoms with E-state index < -0.39 is 11.7 Å². The summed E-state index contributed by atoms with van der Waals surface area (Å²) in [6.45, 7) is 11.1. The molecule has 0 radical (unpaired) electrons. The van der Waals surface area contributed by atoms with E-state index in [-0.39, 0.29) is 16.9 Å². The molecule has 0 spiro atoms. The van der Waals surface area contributed by atoms with Crippen molar-refractivity contribution in [1.82, 2.24) is 10.3 Å². The van der Waals surface area contributed by atoms with Crippen molar-refractivity contribution in [3.63, 3.8) is 0 Å². The third-order valence-electron chi connectivity index (χ3n) is 6.10. The van der Waals surface area contributed by atoms with Crippen molar-refractivity contribution in [1.29, 1.82) is 0 Å². The van der Waals surface area contributed by atoms with Gasteiger partial charge in [-0.05, 0) is 54.3 Å². The number of rotatable bonds is 6. The van der Waals surface area contributed by atoms with E-state index in [1.54, 1.807) is 24.4 Å². The Hall–Kier alpha value is -3.78. The fourth-order valence-corrected chi connectivity index (χ4v) is 4.06. The van der Waals surface area contributed by atoms with Gasteiger partial charge in [0.05, 0.1) is 25.1 Å². The van der Waals surface area contributed by atoms with E-state index in [0.29, 0.717) is 49.8 Å². The number of morpholine rings is 1. The van der Waals surface area contributed by atoms with Crippen LogP contribution in [-0.2, 0) is 4.74 Å². The number of nitrogens with zero attached hydrogens (tertiary/aromatic N) is 2. The summed E-state index contributed by atoms with van der Waals surface area (Å²) in [5, 5.41) is 5.79. The van der Waals surface area contributed by atoms with Gasteiger partial charge in [-0.1, -0.05) is 32.9 Å². The SMILES string of the molecule is Cc1ncc(NC(=O)c2cc(F)cc(N3CCOCC3)c2)cc1-c1ccc(C(=O)NCC(C)(C)C)cc1. The average Bonchev–Trinajstić information content (AvgIpc) is 2.88. The monoisotopic (exact) mass is 504 g/mol. The largest absolute Gasteiger partial charge is 0.378 e. The van der Waals surface area contributed by atoms with E-state index >= 15 is 0 Å². The molecular weight excluding hydrogens is 471 g/mol. The number of ether oxygens (including phenoxy) is 1. The van der Waals surface area contributed by atoms with Gasteiger partial charge in [-0.2, -0.15) is 0 Å². The van der Waals surface area contributed by atoms with Gasteiger partial charge < -0.3 is 20.3 Å². The van der Waals surface area contributed by atoms with E-state index in [0.717, 1.165) is 16.8 Å². The molecule has 1 aromatic heterocycles. The summed E-state index contributed by atoms with van der Waals surface area (Å²) in [7, 11) is 0. The number of benzene rings is 2. The molecule has 1 fully saturated rings. The smallest absolute Gasteiger partial charge is 0.255 e. The molecule has 0 aliphatic carbocycles. The second-order valence-electron chi connectivity index (χ2n) is 10.4. The predicted molar refractivity (Wildman–Crippen MR) is 144 cm³/mol. The van der Waals surface area contributed by atoms with Crippen LogP contribution in [0.2, 0.25) is 0 Å². The van der Waals surface area contributed by atoms with Gasteiger partial charge in [-0.3, -0.25) is 14.6 Å². The Balaban J connectivity index is 1.49. The standard InChI is InChI=1S/C29H33FN4O3/c1-19-26(20-5-7-21(8-6-20)27(35)32-18-29(2,3)4)16-24(17-31-19)33-28(36)22-13-23(30)15-25(14-22)34-9-11-37-12-10-34/h5-8,13-17H,9-12,18H2,1-4H3,(H,32,35)(H,33,36). The first kappa shape index (κ1) is 26.3. The van der Waals surface area contributed by atoms with Crippen molar-refractivity contribution in [2.75, 3.05) is 43.1 Å². The number of nitrogens with one attached hydrogen (secondary N) is 2. The Kier molecular flexibility index (Phi) is 7.88. The van der Waals surface area contributed by atoms with E-state index in [4.69, 9.17) is 4.74 Å². The van der Waals surface area contributed by atoms with Crippen molar-refractivity contribution in [2.45, 2.75) is 27.7 Å². The molecule has 3 aromatic rings. The highest BCUT2D eigenvalue weighted by atomic mass is 19.1. The molecule has 0 bridgehead atoms. The molecular formula is C29H33FN4O3. The van der Waals surface area contributed by atoms with E-state index in [9.17, 15) is 14.0 Å². The van der Waals surface area contributed by atoms with Gasteiger partial charge in [0.1, 0.15) is 5.82 Å². The normalized spacial score (nSPS) is 13.8. The molecule has 7 nitrogen and oxygen atoms in total. The number of amides is 2. The fraction of sp³-hybridized carbons (Fsp3) is 0.345. The predicted octanol–water partition coefficient (Wildman–Crippen LogP) is 5.06. The molecule has 4 rings (SSSR count). The minimum absolute atomic E-state index is 0.00114. The maximum Gasteiger partial charge on any atom is 0.255 e. The molecule has 2 heterocycles. The number of pyridine rings is 1. The molecule has 0 atom stereocenters. The lowest BCUT2D eigenvalue weighted by Crippen LogP contribution is -2.36. The summed E-state index contributed by atoms with van der Waals surface area (Å²) in [5.41, 5.74) is 4.43. The molecule has 0 unspecified atom stereocenters. The topological polar surface area (TPSA) is 83.6 Å². The van der Waals surface area contributed by atoms with E-state index in [2.05, 4.69) is 36.4 Å². The van der Waals surface area contributed by atoms with Crippen LogP contribution in [0.25, 0.3) is 11.1 Å². The Labute approximate surface area is 217 Å². The van der Waals surface area contributed by atoms with Crippen molar-refractivity contribution in [3.8, 4) is 11.1 Å². The first-order valence-electron chi connectivity index (χ1n) is 12.4. The summed E-state index contributed by atoms with van der Waals surface area (Å²) >= 11 is 0. The lowest BCUT2D eigenvalue weighted by molar-refractivity contribution is 0.0938. The number of carbonyl (C=O) groups is 2. The number of hydrogen-bond donors (Lipinski definition) is 2. The Morgan fingerprint density at radius 1 is 1.00 bits per heavy atom. The minimum atomic E-state index is -0.469. The van der Waals surface area contributed by atoms with Gasteiger partial charge >= 0.3 is 0 Å². The zero-order valence-corrected chi connectivity index (χ0v) is 21.7. The lowest BCUT2D eigenvalue weighted by Gasteiger charge is -2.29. The number of hydrogen-bond acceptors (Lipinski definition) is 5. The summed E-state index contributed by atoms with van der Waals surface area (Å²) < 4.78 is 19.7. The van der Waals surface area contributed by atoms with Gasteiger partial charge in [0.2, 0.25) is 0 Å². The number of carbonyl (C=O) groups excluding carboxylic acids is 2. The number of aryl methyl sites for hydroxylation is 1. The van der Waals surface area contributed by atoms with Crippen molar-refractivity contribution < 1.29 is 18.7 Å². The zero-order chi connectivity index (χ0) is 26.6. The van der Waals surface area contributed by atoms with Crippen molar-refractivity contribution in [2.24, 2.45) is 5.41 Å². The molecule has 2 aromatic carbocycles. The molecule has 1 saturated heterocycles. The molecule has 2 N–H and O–H groups in total. The zero-order valence-electron chi connectivity index (χ0n) is 21.7. The van der Waals surface area contributed by atoms with Crippen LogP contribution in [-0.4, -0.2) is 49.6 Å². The molecule has 2 amide bonds. The maximum atomic E-state index is 14.3. The van der Waals surface area contributed by atoms with E-state index in [1.165, 1.54) is 12.1 Å². The summed E-state index contributed by atoms with van der Waals surface area (Å²) in [6.07, 6.45) is 1.58. The number of aromatic nitrogens is 1. The van der Waals surface area contributed by atoms with Crippen LogP contribution in [0.3, 0.4) is 0 Å². The highest BCUT2D eigenvalue weighted by molar-refractivity contribution is 6.05. The minimum Gasteiger partial charge on any atom is -0.378 e. The van der Waals surface area contributed by atoms with Gasteiger partial charge in [-0.25, -0.2) is 4.39 Å². The molecule has 8 heteroatoms. The van der Waals surface area contributed by atoms with Crippen LogP contribution in [0.5, 0.6) is 0 Å².